The largest absolute Gasteiger partial charge is 0.507 e. The van der Waals surface area contributed by atoms with E-state index < -0.39 is 23.7 Å². The van der Waals surface area contributed by atoms with Crippen LogP contribution in [0.1, 0.15) is 59.7 Å². The molecule has 0 bridgehead atoms. The van der Waals surface area contributed by atoms with Crippen molar-refractivity contribution < 1.29 is 33.7 Å². The maximum atomic E-state index is 13.6. The highest BCUT2D eigenvalue weighted by Crippen LogP contribution is 2.45. The lowest BCUT2D eigenvalue weighted by Gasteiger charge is -2.24. The predicted octanol–water partition coefficient (Wildman–Crippen LogP) is 6.24. The first kappa shape index (κ1) is 30.5. The number of ketones is 1. The molecule has 1 amide bonds. The van der Waals surface area contributed by atoms with E-state index in [-0.39, 0.29) is 27.9 Å². The summed E-state index contributed by atoms with van der Waals surface area (Å²) in [5.74, 6) is -1.27. The van der Waals surface area contributed by atoms with E-state index in [1.54, 1.807) is 55.5 Å². The molecule has 0 radical (unpaired) electrons. The lowest BCUT2D eigenvalue weighted by molar-refractivity contribution is -0.132. The first-order valence-electron chi connectivity index (χ1n) is 13.7. The monoisotopic (exact) mass is 590 g/mol. The Morgan fingerprint density at radius 1 is 1.14 bits per heavy atom. The number of esters is 1. The third-order valence-electron chi connectivity index (χ3n) is 6.54. The Hall–Kier alpha value is -4.44. The fraction of sp³-hybridized carbons (Fsp3) is 0.312. The molecule has 0 aliphatic carbocycles. The molecule has 9 nitrogen and oxygen atoms in total. The molecule has 42 heavy (non-hydrogen) atoms. The number of aliphatic hydroxyl groups is 1. The zero-order valence-electron chi connectivity index (χ0n) is 24.1. The molecule has 1 aliphatic rings. The first-order valence-corrected chi connectivity index (χ1v) is 14.5. The zero-order valence-corrected chi connectivity index (χ0v) is 24.9. The Bertz CT molecular complexity index is 1510. The van der Waals surface area contributed by atoms with Gasteiger partial charge in [-0.15, -0.1) is 0 Å². The number of benzene rings is 2. The molecule has 1 unspecified atom stereocenters. The van der Waals surface area contributed by atoms with E-state index >= 15 is 0 Å². The minimum atomic E-state index is -1.06. The lowest BCUT2D eigenvalue weighted by Crippen LogP contribution is -2.29. The van der Waals surface area contributed by atoms with Crippen LogP contribution in [0, 0.1) is 12.8 Å². The van der Waals surface area contributed by atoms with Crippen LogP contribution in [-0.4, -0.2) is 47.6 Å². The highest BCUT2D eigenvalue weighted by atomic mass is 32.1. The van der Waals surface area contributed by atoms with Gasteiger partial charge in [0.2, 0.25) is 0 Å². The Labute approximate surface area is 249 Å². The zero-order chi connectivity index (χ0) is 30.4. The average Bonchev–Trinajstić information content (AvgIpc) is 3.48. The summed E-state index contributed by atoms with van der Waals surface area (Å²) in [6.45, 7) is 12.1. The molecule has 2 aromatic carbocycles. The normalized spacial score (nSPS) is 16.1. The SMILES string of the molecule is C=CCOC(=O)c1sc(N2C(=O)C(=O)/C(=C(/O)c3ccccc3)C2c2ccc(OCCC(C)C)c(OCC)c2)nc1C. The van der Waals surface area contributed by atoms with E-state index in [2.05, 4.69) is 25.4 Å². The topological polar surface area (TPSA) is 115 Å². The molecule has 1 atom stereocenters. The summed E-state index contributed by atoms with van der Waals surface area (Å²) in [5, 5.41) is 11.5. The highest BCUT2D eigenvalue weighted by Gasteiger charge is 2.48. The minimum Gasteiger partial charge on any atom is -0.507 e. The van der Waals surface area contributed by atoms with Crippen LogP contribution in [0.25, 0.3) is 5.76 Å². The van der Waals surface area contributed by atoms with Gasteiger partial charge in [0.05, 0.1) is 30.5 Å². The van der Waals surface area contributed by atoms with Gasteiger partial charge in [0.25, 0.3) is 5.78 Å². The van der Waals surface area contributed by atoms with Crippen LogP contribution in [-0.2, 0) is 14.3 Å². The molecule has 0 spiro atoms. The molecule has 1 fully saturated rings. The summed E-state index contributed by atoms with van der Waals surface area (Å²) in [4.78, 5) is 45.7. The van der Waals surface area contributed by atoms with Crippen LogP contribution in [0.4, 0.5) is 5.13 Å². The minimum absolute atomic E-state index is 0.0128. The van der Waals surface area contributed by atoms with Gasteiger partial charge in [-0.1, -0.05) is 74.2 Å². The van der Waals surface area contributed by atoms with Crippen molar-refractivity contribution in [3.8, 4) is 11.5 Å². The summed E-state index contributed by atoms with van der Waals surface area (Å²) >= 11 is 0.933. The van der Waals surface area contributed by atoms with Crippen molar-refractivity contribution in [1.82, 2.24) is 4.98 Å². The van der Waals surface area contributed by atoms with E-state index in [1.807, 2.05) is 6.92 Å². The van der Waals surface area contributed by atoms with Gasteiger partial charge in [0, 0.05) is 5.56 Å². The second kappa shape index (κ2) is 13.5. The fourth-order valence-corrected chi connectivity index (χ4v) is 5.45. The Morgan fingerprint density at radius 2 is 1.88 bits per heavy atom. The smallest absolute Gasteiger partial charge is 0.350 e. The van der Waals surface area contributed by atoms with Crippen LogP contribution < -0.4 is 14.4 Å². The van der Waals surface area contributed by atoms with Crippen LogP contribution >= 0.6 is 11.3 Å². The number of aryl methyl sites for hydroxylation is 1. The molecule has 4 rings (SSSR count). The standard InChI is InChI=1S/C32H34N2O7S/c1-6-16-41-31(38)29-20(5)33-32(42-29)34-26(25(28(36)30(34)37)27(35)21-11-9-8-10-12-21)22-13-14-23(24(18-22)39-7-2)40-17-15-19(3)4/h6,8-14,18-19,26,35H,1,7,15-17H2,2-5H3/b27-25+. The molecule has 2 heterocycles. The predicted molar refractivity (Wildman–Crippen MR) is 161 cm³/mol. The lowest BCUT2D eigenvalue weighted by atomic mass is 9.95. The van der Waals surface area contributed by atoms with Gasteiger partial charge in [-0.25, -0.2) is 9.78 Å². The van der Waals surface area contributed by atoms with Gasteiger partial charge in [0.15, 0.2) is 16.6 Å². The molecule has 1 saturated heterocycles. The second-order valence-corrected chi connectivity index (χ2v) is 11.0. The van der Waals surface area contributed by atoms with Crippen molar-refractivity contribution >= 4 is 39.9 Å². The first-order chi connectivity index (χ1) is 20.2. The molecule has 3 aromatic rings. The van der Waals surface area contributed by atoms with Crippen molar-refractivity contribution in [2.24, 2.45) is 5.92 Å². The molecule has 220 valence electrons. The average molecular weight is 591 g/mol. The van der Waals surface area contributed by atoms with Gasteiger partial charge in [-0.2, -0.15) is 0 Å². The van der Waals surface area contributed by atoms with Gasteiger partial charge in [0.1, 0.15) is 17.2 Å². The summed E-state index contributed by atoms with van der Waals surface area (Å²) in [7, 11) is 0. The van der Waals surface area contributed by atoms with E-state index in [0.29, 0.717) is 47.5 Å². The third-order valence-corrected chi connectivity index (χ3v) is 7.67. The number of rotatable bonds is 12. The van der Waals surface area contributed by atoms with Crippen LogP contribution in [0.3, 0.4) is 0 Å². The Kier molecular flexibility index (Phi) is 9.80. The van der Waals surface area contributed by atoms with Crippen molar-refractivity contribution in [2.45, 2.75) is 40.2 Å². The van der Waals surface area contributed by atoms with Crippen LogP contribution in [0.15, 0.2) is 66.8 Å². The number of aromatic nitrogens is 1. The van der Waals surface area contributed by atoms with Gasteiger partial charge >= 0.3 is 11.9 Å². The Morgan fingerprint density at radius 3 is 2.55 bits per heavy atom. The van der Waals surface area contributed by atoms with Gasteiger partial charge < -0.3 is 19.3 Å². The maximum absolute atomic E-state index is 13.6. The quantitative estimate of drug-likeness (QED) is 0.0866. The number of carbonyl (C=O) groups is 3. The summed E-state index contributed by atoms with van der Waals surface area (Å²) in [6.07, 6.45) is 2.30. The maximum Gasteiger partial charge on any atom is 0.350 e. The fourth-order valence-electron chi connectivity index (χ4n) is 4.46. The second-order valence-electron chi connectivity index (χ2n) is 10.0. The molecule has 0 saturated carbocycles. The molecule has 10 heteroatoms. The number of amides is 1. The van der Waals surface area contributed by atoms with Crippen molar-refractivity contribution in [3.63, 3.8) is 0 Å². The van der Waals surface area contributed by atoms with E-state index in [1.165, 1.54) is 11.0 Å². The highest BCUT2D eigenvalue weighted by molar-refractivity contribution is 7.17. The molecule has 1 aliphatic heterocycles. The number of carbonyl (C=O) groups excluding carboxylic acids is 3. The van der Waals surface area contributed by atoms with E-state index in [0.717, 1.165) is 17.8 Å². The number of anilines is 1. The van der Waals surface area contributed by atoms with E-state index in [4.69, 9.17) is 14.2 Å². The van der Waals surface area contributed by atoms with Gasteiger partial charge in [-0.3, -0.25) is 14.5 Å². The number of hydrogen-bond acceptors (Lipinski definition) is 9. The number of ether oxygens (including phenoxy) is 3. The summed E-state index contributed by atoms with van der Waals surface area (Å²) < 4.78 is 17.1. The molecular formula is C32H34N2O7S. The van der Waals surface area contributed by atoms with E-state index in [9.17, 15) is 19.5 Å². The Balaban J connectivity index is 1.86. The molecule has 1 aromatic heterocycles. The third kappa shape index (κ3) is 6.38. The number of Topliss-reactive ketones (excluding diaryl/α,β-unsaturated/α-hetero) is 1. The van der Waals surface area contributed by atoms with Crippen molar-refractivity contribution in [3.05, 3.63) is 88.5 Å². The number of nitrogens with zero attached hydrogens (tertiary/aromatic N) is 2. The van der Waals surface area contributed by atoms with Crippen LogP contribution in [0.5, 0.6) is 11.5 Å². The van der Waals surface area contributed by atoms with Crippen molar-refractivity contribution in [2.75, 3.05) is 24.7 Å². The number of aliphatic hydroxyl groups excluding tert-OH is 1. The summed E-state index contributed by atoms with van der Waals surface area (Å²) in [6, 6.07) is 12.6. The van der Waals surface area contributed by atoms with Gasteiger partial charge in [-0.05, 0) is 43.9 Å². The number of hydrogen-bond donors (Lipinski definition) is 1. The van der Waals surface area contributed by atoms with Crippen molar-refractivity contribution in [1.29, 1.82) is 0 Å². The summed E-state index contributed by atoms with van der Waals surface area (Å²) in [5.41, 5.74) is 1.11. The number of thiazole rings is 1. The van der Waals surface area contributed by atoms with Crippen LogP contribution in [0.2, 0.25) is 0 Å². The molecular weight excluding hydrogens is 556 g/mol. The molecule has 1 N–H and O–H groups in total.